The van der Waals surface area contributed by atoms with Crippen LogP contribution in [-0.2, 0) is 0 Å². The van der Waals surface area contributed by atoms with E-state index in [9.17, 15) is 0 Å². The SMILES string of the molecule is C=CCCC/C=C\C(C#N)=C/C. The normalized spacial score (nSPS) is 11.5. The first kappa shape index (κ1) is 10.7. The first-order chi connectivity index (χ1) is 5.85. The molecule has 0 unspecified atom stereocenters. The van der Waals surface area contributed by atoms with Crippen molar-refractivity contribution < 1.29 is 0 Å². The van der Waals surface area contributed by atoms with Gasteiger partial charge in [0.05, 0.1) is 6.07 Å². The van der Waals surface area contributed by atoms with E-state index in [2.05, 4.69) is 12.6 Å². The Bertz CT molecular complexity index is 216. The molecule has 0 aromatic rings. The molecule has 0 radical (unpaired) electrons. The minimum atomic E-state index is 0.730. The predicted octanol–water partition coefficient (Wildman–Crippen LogP) is 3.37. The lowest BCUT2D eigenvalue weighted by molar-refractivity contribution is 0.869. The Labute approximate surface area is 74.7 Å². The lowest BCUT2D eigenvalue weighted by Gasteiger charge is -1.88. The van der Waals surface area contributed by atoms with Gasteiger partial charge in [0.25, 0.3) is 0 Å². The van der Waals surface area contributed by atoms with Crippen molar-refractivity contribution in [2.24, 2.45) is 0 Å². The molecule has 0 rings (SSSR count). The van der Waals surface area contributed by atoms with Crippen LogP contribution in [0.2, 0.25) is 0 Å². The van der Waals surface area contributed by atoms with Crippen LogP contribution in [0.4, 0.5) is 0 Å². The molecule has 0 aliphatic heterocycles. The van der Waals surface area contributed by atoms with Crippen LogP contribution in [0.5, 0.6) is 0 Å². The maximum Gasteiger partial charge on any atom is 0.0987 e. The number of nitriles is 1. The van der Waals surface area contributed by atoms with Crippen LogP contribution < -0.4 is 0 Å². The molecule has 0 aromatic heterocycles. The second kappa shape index (κ2) is 7.81. The molecular formula is C11H15N. The van der Waals surface area contributed by atoms with Crippen LogP contribution >= 0.6 is 0 Å². The van der Waals surface area contributed by atoms with Gasteiger partial charge in [0.1, 0.15) is 0 Å². The minimum Gasteiger partial charge on any atom is -0.192 e. The highest BCUT2D eigenvalue weighted by Crippen LogP contribution is 2.00. The highest BCUT2D eigenvalue weighted by molar-refractivity contribution is 5.31. The summed E-state index contributed by atoms with van der Waals surface area (Å²) in [6.45, 7) is 5.51. The molecule has 0 aromatic carbocycles. The van der Waals surface area contributed by atoms with E-state index in [4.69, 9.17) is 5.26 Å². The quantitative estimate of drug-likeness (QED) is 0.262. The van der Waals surface area contributed by atoms with Gasteiger partial charge in [-0.3, -0.25) is 0 Å². The molecule has 0 saturated heterocycles. The number of unbranched alkanes of at least 4 members (excludes halogenated alkanes) is 2. The van der Waals surface area contributed by atoms with Crippen molar-refractivity contribution in [3.05, 3.63) is 36.5 Å². The summed E-state index contributed by atoms with van der Waals surface area (Å²) < 4.78 is 0. The fourth-order valence-electron chi connectivity index (χ4n) is 0.788. The molecule has 1 nitrogen and oxygen atoms in total. The lowest BCUT2D eigenvalue weighted by Crippen LogP contribution is -1.71. The highest BCUT2D eigenvalue weighted by Gasteiger charge is 1.84. The van der Waals surface area contributed by atoms with E-state index in [1.165, 1.54) is 0 Å². The Morgan fingerprint density at radius 1 is 1.50 bits per heavy atom. The van der Waals surface area contributed by atoms with Crippen LogP contribution in [0.1, 0.15) is 26.2 Å². The number of allylic oxidation sites excluding steroid dienone is 5. The molecule has 0 saturated carbocycles. The van der Waals surface area contributed by atoms with Gasteiger partial charge in [-0.2, -0.15) is 5.26 Å². The molecule has 0 heterocycles. The maximum atomic E-state index is 8.54. The van der Waals surface area contributed by atoms with E-state index in [-0.39, 0.29) is 0 Å². The molecule has 12 heavy (non-hydrogen) atoms. The zero-order valence-electron chi connectivity index (χ0n) is 7.59. The first-order valence-electron chi connectivity index (χ1n) is 4.19. The summed E-state index contributed by atoms with van der Waals surface area (Å²) in [6, 6.07) is 2.10. The highest BCUT2D eigenvalue weighted by atomic mass is 14.2. The van der Waals surface area contributed by atoms with E-state index in [1.807, 2.05) is 31.2 Å². The van der Waals surface area contributed by atoms with Crippen LogP contribution in [0.15, 0.2) is 36.5 Å². The summed E-state index contributed by atoms with van der Waals surface area (Å²) >= 11 is 0. The van der Waals surface area contributed by atoms with Crippen molar-refractivity contribution >= 4 is 0 Å². The number of hydrogen-bond acceptors (Lipinski definition) is 1. The Morgan fingerprint density at radius 2 is 2.25 bits per heavy atom. The average Bonchev–Trinajstić information content (AvgIpc) is 2.11. The number of rotatable bonds is 5. The topological polar surface area (TPSA) is 23.8 Å². The van der Waals surface area contributed by atoms with E-state index in [0.717, 1.165) is 24.8 Å². The van der Waals surface area contributed by atoms with Gasteiger partial charge in [-0.15, -0.1) is 6.58 Å². The zero-order valence-corrected chi connectivity index (χ0v) is 7.59. The third-order valence-electron chi connectivity index (χ3n) is 1.52. The van der Waals surface area contributed by atoms with Gasteiger partial charge in [-0.05, 0) is 32.3 Å². The zero-order chi connectivity index (χ0) is 9.23. The fraction of sp³-hybridized carbons (Fsp3) is 0.364. The van der Waals surface area contributed by atoms with Crippen molar-refractivity contribution in [3.8, 4) is 6.07 Å². The Morgan fingerprint density at radius 3 is 2.75 bits per heavy atom. The third-order valence-corrected chi connectivity index (χ3v) is 1.52. The number of nitrogens with zero attached hydrogens (tertiary/aromatic N) is 1. The lowest BCUT2D eigenvalue weighted by atomic mass is 10.2. The van der Waals surface area contributed by atoms with E-state index < -0.39 is 0 Å². The van der Waals surface area contributed by atoms with Gasteiger partial charge >= 0.3 is 0 Å². The Hall–Kier alpha value is -1.29. The predicted molar refractivity (Wildman–Crippen MR) is 52.6 cm³/mol. The second-order valence-corrected chi connectivity index (χ2v) is 2.48. The number of hydrogen-bond donors (Lipinski definition) is 0. The van der Waals surface area contributed by atoms with Gasteiger partial charge in [0, 0.05) is 5.57 Å². The van der Waals surface area contributed by atoms with Crippen molar-refractivity contribution in [1.29, 1.82) is 5.26 Å². The largest absolute Gasteiger partial charge is 0.192 e. The smallest absolute Gasteiger partial charge is 0.0987 e. The molecule has 0 N–H and O–H groups in total. The molecular weight excluding hydrogens is 146 g/mol. The monoisotopic (exact) mass is 161 g/mol. The van der Waals surface area contributed by atoms with E-state index in [0.29, 0.717) is 0 Å². The summed E-state index contributed by atoms with van der Waals surface area (Å²) in [6.07, 6.45) is 10.8. The van der Waals surface area contributed by atoms with Crippen molar-refractivity contribution in [1.82, 2.24) is 0 Å². The average molecular weight is 161 g/mol. The minimum absolute atomic E-state index is 0.730. The van der Waals surface area contributed by atoms with Gasteiger partial charge in [0.2, 0.25) is 0 Å². The Kier molecular flexibility index (Phi) is 6.97. The summed E-state index contributed by atoms with van der Waals surface area (Å²) in [7, 11) is 0. The molecule has 0 atom stereocenters. The summed E-state index contributed by atoms with van der Waals surface area (Å²) in [5.74, 6) is 0. The van der Waals surface area contributed by atoms with Crippen molar-refractivity contribution in [2.45, 2.75) is 26.2 Å². The maximum absolute atomic E-state index is 8.54. The molecule has 0 spiro atoms. The van der Waals surface area contributed by atoms with Gasteiger partial charge in [-0.1, -0.05) is 18.2 Å². The van der Waals surface area contributed by atoms with Crippen molar-refractivity contribution in [3.63, 3.8) is 0 Å². The van der Waals surface area contributed by atoms with Crippen LogP contribution in [-0.4, -0.2) is 0 Å². The van der Waals surface area contributed by atoms with Crippen LogP contribution in [0.3, 0.4) is 0 Å². The molecule has 0 amide bonds. The van der Waals surface area contributed by atoms with Gasteiger partial charge in [0.15, 0.2) is 0 Å². The standard InChI is InChI=1S/C11H15N/c1-3-5-6-7-8-9-11(4-2)10-12/h3-4,8-9H,1,5-7H2,2H3/b9-8-,11-4+. The Balaban J connectivity index is 3.62. The molecule has 0 aliphatic carbocycles. The summed E-state index contributed by atoms with van der Waals surface area (Å²) in [5, 5.41) is 8.54. The molecule has 0 fully saturated rings. The molecule has 64 valence electrons. The molecule has 0 aliphatic rings. The first-order valence-corrected chi connectivity index (χ1v) is 4.19. The van der Waals surface area contributed by atoms with E-state index in [1.54, 1.807) is 0 Å². The summed E-state index contributed by atoms with van der Waals surface area (Å²) in [5.41, 5.74) is 0.730. The second-order valence-electron chi connectivity index (χ2n) is 2.48. The van der Waals surface area contributed by atoms with Crippen molar-refractivity contribution in [2.75, 3.05) is 0 Å². The fourth-order valence-corrected chi connectivity index (χ4v) is 0.788. The molecule has 1 heteroatoms. The molecule has 0 bridgehead atoms. The van der Waals surface area contributed by atoms with E-state index >= 15 is 0 Å². The van der Waals surface area contributed by atoms with Gasteiger partial charge < -0.3 is 0 Å². The van der Waals surface area contributed by atoms with Gasteiger partial charge in [-0.25, -0.2) is 0 Å². The van der Waals surface area contributed by atoms with Crippen LogP contribution in [0.25, 0.3) is 0 Å². The summed E-state index contributed by atoms with van der Waals surface area (Å²) in [4.78, 5) is 0. The third kappa shape index (κ3) is 5.49. The van der Waals surface area contributed by atoms with Crippen LogP contribution in [0, 0.1) is 11.3 Å².